The molecule has 1 amide bonds. The van der Waals surface area contributed by atoms with Gasteiger partial charge in [-0.15, -0.1) is 0 Å². The number of benzene rings is 1. The van der Waals surface area contributed by atoms with Gasteiger partial charge in [0.05, 0.1) is 0 Å². The van der Waals surface area contributed by atoms with Gasteiger partial charge in [0, 0.05) is 25.5 Å². The lowest BCUT2D eigenvalue weighted by Gasteiger charge is -2.27. The molecule has 0 fully saturated rings. The third-order valence-electron chi connectivity index (χ3n) is 3.06. The van der Waals surface area contributed by atoms with Crippen molar-refractivity contribution in [1.29, 1.82) is 0 Å². The molecule has 0 spiro atoms. The second-order valence-corrected chi connectivity index (χ2v) is 6.36. The number of phenols is 1. The summed E-state index contributed by atoms with van der Waals surface area (Å²) in [4.78, 5) is 18.1. The zero-order valence-electron chi connectivity index (χ0n) is 13.7. The van der Waals surface area contributed by atoms with Crippen molar-refractivity contribution >= 4 is 6.09 Å². The first-order valence-corrected chi connectivity index (χ1v) is 7.48. The SMILES string of the molecule is CC(C)(C)OC(=O)N(Cc1ccncc1)Cc1cccc(O)c1. The van der Waals surface area contributed by atoms with E-state index in [9.17, 15) is 9.90 Å². The fourth-order valence-electron chi connectivity index (χ4n) is 2.10. The number of aromatic nitrogens is 1. The van der Waals surface area contributed by atoms with E-state index >= 15 is 0 Å². The molecular formula is C18H22N2O3. The summed E-state index contributed by atoms with van der Waals surface area (Å²) in [7, 11) is 0. The zero-order valence-corrected chi connectivity index (χ0v) is 13.7. The molecule has 1 N–H and O–H groups in total. The summed E-state index contributed by atoms with van der Waals surface area (Å²) in [6, 6.07) is 10.6. The first-order chi connectivity index (χ1) is 10.8. The van der Waals surface area contributed by atoms with E-state index in [0.717, 1.165) is 11.1 Å². The first kappa shape index (κ1) is 16.8. The van der Waals surface area contributed by atoms with E-state index in [4.69, 9.17) is 4.74 Å². The van der Waals surface area contributed by atoms with Crippen LogP contribution < -0.4 is 0 Å². The van der Waals surface area contributed by atoms with Gasteiger partial charge in [0.25, 0.3) is 0 Å². The van der Waals surface area contributed by atoms with Gasteiger partial charge in [0.15, 0.2) is 0 Å². The van der Waals surface area contributed by atoms with Crippen LogP contribution in [0.25, 0.3) is 0 Å². The maximum atomic E-state index is 12.5. The van der Waals surface area contributed by atoms with E-state index < -0.39 is 11.7 Å². The summed E-state index contributed by atoms with van der Waals surface area (Å²) >= 11 is 0. The molecule has 2 rings (SSSR count). The predicted molar refractivity (Wildman–Crippen MR) is 87.8 cm³/mol. The molecule has 0 atom stereocenters. The molecule has 5 nitrogen and oxygen atoms in total. The van der Waals surface area contributed by atoms with Gasteiger partial charge in [-0.1, -0.05) is 12.1 Å². The Morgan fingerprint density at radius 1 is 1.13 bits per heavy atom. The lowest BCUT2D eigenvalue weighted by atomic mass is 10.2. The van der Waals surface area contributed by atoms with Crippen LogP contribution in [0.5, 0.6) is 5.75 Å². The fourth-order valence-corrected chi connectivity index (χ4v) is 2.10. The molecule has 0 bridgehead atoms. The number of pyridine rings is 1. The molecule has 23 heavy (non-hydrogen) atoms. The Labute approximate surface area is 136 Å². The Morgan fingerprint density at radius 3 is 2.39 bits per heavy atom. The Morgan fingerprint density at radius 2 is 1.78 bits per heavy atom. The van der Waals surface area contributed by atoms with Gasteiger partial charge in [0.2, 0.25) is 0 Å². The van der Waals surface area contributed by atoms with E-state index in [2.05, 4.69) is 4.98 Å². The standard InChI is InChI=1S/C18H22N2O3/c1-18(2,3)23-17(22)20(12-14-7-9-19-10-8-14)13-15-5-4-6-16(21)11-15/h4-11,21H,12-13H2,1-3H3. The number of carbonyl (C=O) groups is 1. The minimum atomic E-state index is -0.563. The van der Waals surface area contributed by atoms with Gasteiger partial charge in [-0.2, -0.15) is 0 Å². The molecule has 122 valence electrons. The molecule has 2 aromatic rings. The summed E-state index contributed by atoms with van der Waals surface area (Å²) in [5.41, 5.74) is 1.24. The third kappa shape index (κ3) is 5.62. The zero-order chi connectivity index (χ0) is 16.9. The van der Waals surface area contributed by atoms with Gasteiger partial charge >= 0.3 is 6.09 Å². The molecule has 0 saturated carbocycles. The Bertz CT molecular complexity index is 651. The van der Waals surface area contributed by atoms with Crippen molar-refractivity contribution in [1.82, 2.24) is 9.88 Å². The van der Waals surface area contributed by atoms with Crippen LogP contribution in [0.15, 0.2) is 48.8 Å². The quantitative estimate of drug-likeness (QED) is 0.934. The van der Waals surface area contributed by atoms with Gasteiger partial charge < -0.3 is 9.84 Å². The van der Waals surface area contributed by atoms with Crippen molar-refractivity contribution < 1.29 is 14.6 Å². The number of aromatic hydroxyl groups is 1. The van der Waals surface area contributed by atoms with Crippen molar-refractivity contribution in [3.05, 3.63) is 59.9 Å². The molecular weight excluding hydrogens is 292 g/mol. The number of ether oxygens (including phenoxy) is 1. The van der Waals surface area contributed by atoms with Crippen molar-refractivity contribution in [2.75, 3.05) is 0 Å². The van der Waals surface area contributed by atoms with Crippen molar-refractivity contribution in [2.45, 2.75) is 39.5 Å². The van der Waals surface area contributed by atoms with Crippen molar-refractivity contribution in [2.24, 2.45) is 0 Å². The lowest BCUT2D eigenvalue weighted by Crippen LogP contribution is -2.36. The van der Waals surface area contributed by atoms with Crippen LogP contribution in [-0.2, 0) is 17.8 Å². The summed E-state index contributed by atoms with van der Waals surface area (Å²) in [5, 5.41) is 9.60. The van der Waals surface area contributed by atoms with Gasteiger partial charge in [0.1, 0.15) is 11.4 Å². The average Bonchev–Trinajstić information content (AvgIpc) is 2.46. The number of phenolic OH excluding ortho intramolecular Hbond substituents is 1. The number of nitrogens with zero attached hydrogens (tertiary/aromatic N) is 2. The van der Waals surface area contributed by atoms with Crippen molar-refractivity contribution in [3.63, 3.8) is 0 Å². The Balaban J connectivity index is 2.18. The van der Waals surface area contributed by atoms with Crippen LogP contribution in [0.1, 0.15) is 31.9 Å². The lowest BCUT2D eigenvalue weighted by molar-refractivity contribution is 0.0216. The second kappa shape index (κ2) is 7.13. The summed E-state index contributed by atoms with van der Waals surface area (Å²) in [6.07, 6.45) is 2.99. The third-order valence-corrected chi connectivity index (χ3v) is 3.06. The molecule has 0 aliphatic carbocycles. The number of hydrogen-bond acceptors (Lipinski definition) is 4. The first-order valence-electron chi connectivity index (χ1n) is 7.48. The van der Waals surface area contributed by atoms with E-state index in [1.165, 1.54) is 0 Å². The molecule has 1 aromatic carbocycles. The van der Waals surface area contributed by atoms with Crippen LogP contribution in [0.2, 0.25) is 0 Å². The van der Waals surface area contributed by atoms with E-state index in [1.807, 2.05) is 39.0 Å². The molecule has 1 heterocycles. The van der Waals surface area contributed by atoms with Crippen LogP contribution >= 0.6 is 0 Å². The van der Waals surface area contributed by atoms with Crippen LogP contribution in [0.3, 0.4) is 0 Å². The normalized spacial score (nSPS) is 11.1. The number of carbonyl (C=O) groups excluding carboxylic acids is 1. The van der Waals surface area contributed by atoms with Gasteiger partial charge in [-0.25, -0.2) is 4.79 Å². The minimum absolute atomic E-state index is 0.176. The maximum Gasteiger partial charge on any atom is 0.410 e. The van der Waals surface area contributed by atoms with Crippen LogP contribution in [0.4, 0.5) is 4.79 Å². The molecule has 0 radical (unpaired) electrons. The highest BCUT2D eigenvalue weighted by molar-refractivity contribution is 5.68. The average molecular weight is 314 g/mol. The molecule has 1 aromatic heterocycles. The van der Waals surface area contributed by atoms with Crippen molar-refractivity contribution in [3.8, 4) is 5.75 Å². The van der Waals surface area contributed by atoms with Gasteiger partial charge in [-0.05, 0) is 56.2 Å². The molecule has 5 heteroatoms. The predicted octanol–water partition coefficient (Wildman–Crippen LogP) is 3.72. The van der Waals surface area contributed by atoms with Gasteiger partial charge in [-0.3, -0.25) is 9.88 Å². The second-order valence-electron chi connectivity index (χ2n) is 6.36. The number of hydrogen-bond donors (Lipinski definition) is 1. The highest BCUT2D eigenvalue weighted by atomic mass is 16.6. The maximum absolute atomic E-state index is 12.5. The summed E-state index contributed by atoms with van der Waals surface area (Å²) in [6.45, 7) is 6.27. The Hall–Kier alpha value is -2.56. The Kier molecular flexibility index (Phi) is 5.21. The van der Waals surface area contributed by atoms with E-state index in [0.29, 0.717) is 13.1 Å². The highest BCUT2D eigenvalue weighted by Gasteiger charge is 2.22. The molecule has 0 aliphatic heterocycles. The molecule has 0 aliphatic rings. The molecule has 0 unspecified atom stereocenters. The number of amides is 1. The van der Waals surface area contributed by atoms with Crippen LogP contribution in [0, 0.1) is 0 Å². The summed E-state index contributed by atoms with van der Waals surface area (Å²) < 4.78 is 5.48. The highest BCUT2D eigenvalue weighted by Crippen LogP contribution is 2.17. The largest absolute Gasteiger partial charge is 0.508 e. The summed E-state index contributed by atoms with van der Waals surface area (Å²) in [5.74, 6) is 0.176. The monoisotopic (exact) mass is 314 g/mol. The minimum Gasteiger partial charge on any atom is -0.508 e. The smallest absolute Gasteiger partial charge is 0.410 e. The fraction of sp³-hybridized carbons (Fsp3) is 0.333. The number of rotatable bonds is 4. The van der Waals surface area contributed by atoms with E-state index in [-0.39, 0.29) is 5.75 Å². The van der Waals surface area contributed by atoms with Crippen LogP contribution in [-0.4, -0.2) is 26.7 Å². The molecule has 0 saturated heterocycles. The topological polar surface area (TPSA) is 62.7 Å². The van der Waals surface area contributed by atoms with E-state index in [1.54, 1.807) is 35.5 Å².